The molecular weight excluding hydrogens is 227 g/mol. The molecule has 1 atom stereocenters. The van der Waals surface area contributed by atoms with Crippen molar-refractivity contribution in [3.05, 3.63) is 29.6 Å². The van der Waals surface area contributed by atoms with Crippen molar-refractivity contribution in [2.75, 3.05) is 25.0 Å². The minimum Gasteiger partial charge on any atom is -0.369 e. The molecule has 0 radical (unpaired) electrons. The SMILES string of the molecule is CNC(C)c1cccc(F)c1N1CCC(C)CC1. The molecule has 2 rings (SSSR count). The molecule has 0 spiro atoms. The predicted octanol–water partition coefficient (Wildman–Crippen LogP) is 3.34. The first-order valence-electron chi connectivity index (χ1n) is 6.84. The lowest BCUT2D eigenvalue weighted by Gasteiger charge is -2.34. The van der Waals surface area contributed by atoms with Crippen molar-refractivity contribution >= 4 is 5.69 Å². The molecule has 1 fully saturated rings. The van der Waals surface area contributed by atoms with Crippen LogP contribution in [0, 0.1) is 11.7 Å². The van der Waals surface area contributed by atoms with Crippen molar-refractivity contribution in [1.29, 1.82) is 0 Å². The first-order chi connectivity index (χ1) is 8.63. The number of nitrogens with zero attached hydrogens (tertiary/aromatic N) is 1. The van der Waals surface area contributed by atoms with Crippen molar-refractivity contribution in [2.45, 2.75) is 32.7 Å². The molecule has 1 aliphatic rings. The first-order valence-corrected chi connectivity index (χ1v) is 6.84. The fourth-order valence-electron chi connectivity index (χ4n) is 2.60. The lowest BCUT2D eigenvalue weighted by molar-refractivity contribution is 0.433. The van der Waals surface area contributed by atoms with Crippen LogP contribution in [0.2, 0.25) is 0 Å². The van der Waals surface area contributed by atoms with Gasteiger partial charge in [0.05, 0.1) is 5.69 Å². The Bertz CT molecular complexity index is 397. The Morgan fingerprint density at radius 2 is 2.00 bits per heavy atom. The fourth-order valence-corrected chi connectivity index (χ4v) is 2.60. The van der Waals surface area contributed by atoms with E-state index in [0.29, 0.717) is 0 Å². The Hall–Kier alpha value is -1.09. The summed E-state index contributed by atoms with van der Waals surface area (Å²) >= 11 is 0. The number of para-hydroxylation sites is 1. The van der Waals surface area contributed by atoms with Crippen molar-refractivity contribution < 1.29 is 4.39 Å². The lowest BCUT2D eigenvalue weighted by atomic mass is 9.97. The number of anilines is 1. The third-order valence-corrected chi connectivity index (χ3v) is 4.02. The van der Waals surface area contributed by atoms with E-state index in [2.05, 4.69) is 24.1 Å². The Morgan fingerprint density at radius 1 is 1.33 bits per heavy atom. The van der Waals surface area contributed by atoms with Crippen LogP contribution in [-0.2, 0) is 0 Å². The van der Waals surface area contributed by atoms with Crippen LogP contribution in [0.4, 0.5) is 10.1 Å². The van der Waals surface area contributed by atoms with Gasteiger partial charge < -0.3 is 10.2 Å². The van der Waals surface area contributed by atoms with Crippen molar-refractivity contribution in [3.63, 3.8) is 0 Å². The van der Waals surface area contributed by atoms with Gasteiger partial charge in [-0.25, -0.2) is 4.39 Å². The Balaban J connectivity index is 2.30. The summed E-state index contributed by atoms with van der Waals surface area (Å²) in [6, 6.07) is 5.57. The molecule has 1 aromatic rings. The third-order valence-electron chi connectivity index (χ3n) is 4.02. The smallest absolute Gasteiger partial charge is 0.146 e. The highest BCUT2D eigenvalue weighted by Crippen LogP contribution is 2.32. The van der Waals surface area contributed by atoms with Gasteiger partial charge in [-0.2, -0.15) is 0 Å². The number of piperidine rings is 1. The Labute approximate surface area is 109 Å². The molecule has 1 aliphatic heterocycles. The molecule has 1 aromatic carbocycles. The summed E-state index contributed by atoms with van der Waals surface area (Å²) in [5.74, 6) is 0.669. The van der Waals surface area contributed by atoms with Gasteiger partial charge in [0.2, 0.25) is 0 Å². The topological polar surface area (TPSA) is 15.3 Å². The van der Waals surface area contributed by atoms with Crippen LogP contribution in [0.3, 0.4) is 0 Å². The third kappa shape index (κ3) is 2.66. The van der Waals surface area contributed by atoms with Crippen molar-refractivity contribution in [1.82, 2.24) is 5.32 Å². The van der Waals surface area contributed by atoms with E-state index < -0.39 is 0 Å². The summed E-state index contributed by atoms with van der Waals surface area (Å²) in [5, 5.41) is 3.20. The van der Waals surface area contributed by atoms with Gasteiger partial charge in [0.15, 0.2) is 0 Å². The molecular formula is C15H23FN2. The standard InChI is InChI=1S/C15H23FN2/c1-11-7-9-18(10-8-11)15-13(12(2)17-3)5-4-6-14(15)16/h4-6,11-12,17H,7-10H2,1-3H3. The van der Waals surface area contributed by atoms with E-state index in [1.807, 2.05) is 13.1 Å². The highest BCUT2D eigenvalue weighted by atomic mass is 19.1. The zero-order valence-corrected chi connectivity index (χ0v) is 11.5. The van der Waals surface area contributed by atoms with E-state index in [9.17, 15) is 4.39 Å². The van der Waals surface area contributed by atoms with Gasteiger partial charge in [-0.1, -0.05) is 19.1 Å². The summed E-state index contributed by atoms with van der Waals surface area (Å²) in [6.07, 6.45) is 2.31. The van der Waals surface area contributed by atoms with Crippen molar-refractivity contribution in [2.24, 2.45) is 5.92 Å². The van der Waals surface area contributed by atoms with Gasteiger partial charge in [-0.15, -0.1) is 0 Å². The molecule has 3 heteroatoms. The quantitative estimate of drug-likeness (QED) is 0.885. The number of nitrogens with one attached hydrogen (secondary N) is 1. The van der Waals surface area contributed by atoms with Crippen LogP contribution in [0.5, 0.6) is 0 Å². The van der Waals surface area contributed by atoms with E-state index in [0.717, 1.165) is 43.1 Å². The van der Waals surface area contributed by atoms with Crippen LogP contribution < -0.4 is 10.2 Å². The van der Waals surface area contributed by atoms with E-state index in [1.165, 1.54) is 0 Å². The molecule has 0 aliphatic carbocycles. The summed E-state index contributed by atoms with van der Waals surface area (Å²) in [5.41, 5.74) is 1.86. The average Bonchev–Trinajstić information content (AvgIpc) is 2.39. The van der Waals surface area contributed by atoms with Crippen LogP contribution in [-0.4, -0.2) is 20.1 Å². The number of rotatable bonds is 3. The van der Waals surface area contributed by atoms with Gasteiger partial charge in [0, 0.05) is 19.1 Å². The Kier molecular flexibility index (Phi) is 4.23. The maximum atomic E-state index is 14.2. The molecule has 1 N–H and O–H groups in total. The van der Waals surface area contributed by atoms with E-state index in [-0.39, 0.29) is 11.9 Å². The summed E-state index contributed by atoms with van der Waals surface area (Å²) in [6.45, 7) is 6.28. The molecule has 2 nitrogen and oxygen atoms in total. The summed E-state index contributed by atoms with van der Waals surface area (Å²) < 4.78 is 14.2. The van der Waals surface area contributed by atoms with Gasteiger partial charge in [-0.05, 0) is 44.4 Å². The van der Waals surface area contributed by atoms with E-state index in [1.54, 1.807) is 12.1 Å². The minimum atomic E-state index is -0.0934. The maximum Gasteiger partial charge on any atom is 0.146 e. The average molecular weight is 250 g/mol. The zero-order chi connectivity index (χ0) is 13.1. The number of benzene rings is 1. The summed E-state index contributed by atoms with van der Waals surface area (Å²) in [4.78, 5) is 2.21. The van der Waals surface area contributed by atoms with Crippen LogP contribution in [0.1, 0.15) is 38.3 Å². The van der Waals surface area contributed by atoms with Crippen LogP contribution >= 0.6 is 0 Å². The molecule has 0 bridgehead atoms. The van der Waals surface area contributed by atoms with Gasteiger partial charge in [0.1, 0.15) is 5.82 Å². The highest BCUT2D eigenvalue weighted by molar-refractivity contribution is 5.56. The molecule has 0 saturated carbocycles. The molecule has 18 heavy (non-hydrogen) atoms. The molecule has 0 amide bonds. The summed E-state index contributed by atoms with van der Waals surface area (Å²) in [7, 11) is 1.91. The number of halogens is 1. The zero-order valence-electron chi connectivity index (χ0n) is 11.5. The second kappa shape index (κ2) is 5.70. The Morgan fingerprint density at radius 3 is 2.61 bits per heavy atom. The molecule has 1 saturated heterocycles. The number of hydrogen-bond acceptors (Lipinski definition) is 2. The fraction of sp³-hybridized carbons (Fsp3) is 0.600. The van der Waals surface area contributed by atoms with E-state index >= 15 is 0 Å². The molecule has 1 heterocycles. The number of hydrogen-bond donors (Lipinski definition) is 1. The van der Waals surface area contributed by atoms with Crippen LogP contribution in [0.25, 0.3) is 0 Å². The van der Waals surface area contributed by atoms with Crippen LogP contribution in [0.15, 0.2) is 18.2 Å². The maximum absolute atomic E-state index is 14.2. The highest BCUT2D eigenvalue weighted by Gasteiger charge is 2.22. The first kappa shape index (κ1) is 13.3. The molecule has 0 aromatic heterocycles. The van der Waals surface area contributed by atoms with Crippen molar-refractivity contribution in [3.8, 4) is 0 Å². The largest absolute Gasteiger partial charge is 0.369 e. The normalized spacial score (nSPS) is 19.0. The molecule has 1 unspecified atom stereocenters. The monoisotopic (exact) mass is 250 g/mol. The lowest BCUT2D eigenvalue weighted by Crippen LogP contribution is -2.34. The second-order valence-corrected chi connectivity index (χ2v) is 5.36. The van der Waals surface area contributed by atoms with Gasteiger partial charge >= 0.3 is 0 Å². The van der Waals surface area contributed by atoms with Gasteiger partial charge in [-0.3, -0.25) is 0 Å². The second-order valence-electron chi connectivity index (χ2n) is 5.36. The molecule has 100 valence electrons. The minimum absolute atomic E-state index is 0.0934. The predicted molar refractivity (Wildman–Crippen MR) is 74.5 cm³/mol. The van der Waals surface area contributed by atoms with E-state index in [4.69, 9.17) is 0 Å². The van der Waals surface area contributed by atoms with Gasteiger partial charge in [0.25, 0.3) is 0 Å².